The smallest absolute Gasteiger partial charge is 0.309 e. The average molecular weight is 417 g/mol. The third-order valence-corrected chi connectivity index (χ3v) is 6.65. The van der Waals surface area contributed by atoms with Gasteiger partial charge in [-0.2, -0.15) is 0 Å². The molecular formula is C27H44O3. The quantitative estimate of drug-likeness (QED) is 0.286. The van der Waals surface area contributed by atoms with Crippen LogP contribution in [-0.2, 0) is 22.4 Å². The molecule has 3 heteroatoms. The summed E-state index contributed by atoms with van der Waals surface area (Å²) in [4.78, 5) is 22.8. The second kappa shape index (κ2) is 12.9. The molecule has 30 heavy (non-hydrogen) atoms. The highest BCUT2D eigenvalue weighted by Crippen LogP contribution is 2.26. The van der Waals surface area contributed by atoms with Crippen molar-refractivity contribution in [1.29, 1.82) is 0 Å². The normalized spacial score (nSPS) is 12.2. The van der Waals surface area contributed by atoms with E-state index in [4.69, 9.17) is 0 Å². The third kappa shape index (κ3) is 9.91. The van der Waals surface area contributed by atoms with Gasteiger partial charge in [0.2, 0.25) is 0 Å². The van der Waals surface area contributed by atoms with E-state index < -0.39 is 11.4 Å². The number of hydrogen-bond donors (Lipinski definition) is 1. The van der Waals surface area contributed by atoms with Crippen LogP contribution in [0.15, 0.2) is 24.3 Å². The van der Waals surface area contributed by atoms with Gasteiger partial charge in [0.15, 0.2) is 0 Å². The monoisotopic (exact) mass is 416 g/mol. The number of carboxylic acids is 1. The summed E-state index contributed by atoms with van der Waals surface area (Å²) in [6, 6.07) is 8.81. The minimum Gasteiger partial charge on any atom is -0.481 e. The lowest BCUT2D eigenvalue weighted by molar-refractivity contribution is -0.147. The van der Waals surface area contributed by atoms with Crippen molar-refractivity contribution in [2.45, 2.75) is 112 Å². The molecule has 3 nitrogen and oxygen atoms in total. The number of carbonyl (C=O) groups is 2. The first-order chi connectivity index (χ1) is 14.1. The van der Waals surface area contributed by atoms with Crippen molar-refractivity contribution in [1.82, 2.24) is 0 Å². The first-order valence-corrected chi connectivity index (χ1v) is 11.9. The molecule has 1 N–H and O–H groups in total. The molecule has 1 aromatic rings. The van der Waals surface area contributed by atoms with Crippen molar-refractivity contribution in [3.05, 3.63) is 35.4 Å². The van der Waals surface area contributed by atoms with E-state index >= 15 is 0 Å². The Labute approximate surface area is 184 Å². The van der Waals surface area contributed by atoms with E-state index in [-0.39, 0.29) is 5.41 Å². The van der Waals surface area contributed by atoms with E-state index in [0.29, 0.717) is 5.78 Å². The second-order valence-corrected chi connectivity index (χ2v) is 10.2. The topological polar surface area (TPSA) is 54.4 Å². The van der Waals surface area contributed by atoms with Gasteiger partial charge in [-0.25, -0.2) is 0 Å². The van der Waals surface area contributed by atoms with Gasteiger partial charge in [0, 0.05) is 5.41 Å². The van der Waals surface area contributed by atoms with Crippen molar-refractivity contribution in [2.24, 2.45) is 10.8 Å². The lowest BCUT2D eigenvalue weighted by Crippen LogP contribution is -2.23. The zero-order valence-corrected chi connectivity index (χ0v) is 20.1. The number of carboxylic acid groups (broad SMARTS) is 1. The van der Waals surface area contributed by atoms with Crippen molar-refractivity contribution in [3.8, 4) is 0 Å². The molecule has 0 saturated heterocycles. The molecular weight excluding hydrogens is 372 g/mol. The summed E-state index contributed by atoms with van der Waals surface area (Å²) in [5.41, 5.74) is 2.18. The minimum atomic E-state index is -0.695. The highest BCUT2D eigenvalue weighted by molar-refractivity contribution is 5.81. The summed E-state index contributed by atoms with van der Waals surface area (Å²) in [6.45, 7) is 9.44. The fourth-order valence-corrected chi connectivity index (χ4v) is 3.80. The largest absolute Gasteiger partial charge is 0.481 e. The average Bonchev–Trinajstić information content (AvgIpc) is 2.67. The Morgan fingerprint density at radius 2 is 1.10 bits per heavy atom. The fourth-order valence-electron chi connectivity index (χ4n) is 3.80. The number of ketones is 1. The van der Waals surface area contributed by atoms with Crippen LogP contribution in [0.25, 0.3) is 0 Å². The summed E-state index contributed by atoms with van der Waals surface area (Å²) in [7, 11) is 0. The van der Waals surface area contributed by atoms with Gasteiger partial charge in [-0.05, 0) is 70.4 Å². The Kier molecular flexibility index (Phi) is 11.4. The number of Topliss-reactive ketones (excluding diaryl/α,β-unsaturated/α-hetero) is 1. The Morgan fingerprint density at radius 1 is 0.700 bits per heavy atom. The van der Waals surface area contributed by atoms with Gasteiger partial charge in [-0.1, -0.05) is 76.6 Å². The lowest BCUT2D eigenvalue weighted by atomic mass is 9.83. The molecule has 0 fully saturated rings. The number of benzene rings is 1. The molecule has 0 amide bonds. The molecule has 0 aromatic heterocycles. The Morgan fingerprint density at radius 3 is 1.50 bits per heavy atom. The number of rotatable bonds is 16. The van der Waals surface area contributed by atoms with E-state index in [2.05, 4.69) is 38.1 Å². The molecule has 0 bridgehead atoms. The van der Waals surface area contributed by atoms with Crippen molar-refractivity contribution in [2.75, 3.05) is 0 Å². The van der Waals surface area contributed by atoms with Crippen LogP contribution in [0.4, 0.5) is 0 Å². The summed E-state index contributed by atoms with van der Waals surface area (Å²) in [5, 5.41) is 9.19. The van der Waals surface area contributed by atoms with E-state index in [1.807, 2.05) is 13.8 Å². The fraction of sp³-hybridized carbons (Fsp3) is 0.704. The van der Waals surface area contributed by atoms with Crippen LogP contribution in [0.3, 0.4) is 0 Å². The highest BCUT2D eigenvalue weighted by Gasteiger charge is 2.26. The third-order valence-electron chi connectivity index (χ3n) is 6.65. The first-order valence-electron chi connectivity index (χ1n) is 11.9. The molecule has 0 spiro atoms. The van der Waals surface area contributed by atoms with Crippen LogP contribution >= 0.6 is 0 Å². The predicted octanol–water partition coefficient (Wildman–Crippen LogP) is 7.40. The maximum atomic E-state index is 11.6. The van der Waals surface area contributed by atoms with Gasteiger partial charge in [-0.15, -0.1) is 0 Å². The SMILES string of the molecule is CC(=O)C(C)(C)CCCCCCc1ccccc1CCCCCCC(C)(C)C(=O)O. The van der Waals surface area contributed by atoms with Crippen molar-refractivity contribution < 1.29 is 14.7 Å². The Hall–Kier alpha value is -1.64. The maximum Gasteiger partial charge on any atom is 0.309 e. The van der Waals surface area contributed by atoms with Gasteiger partial charge in [0.1, 0.15) is 5.78 Å². The Balaban J connectivity index is 2.26. The van der Waals surface area contributed by atoms with Crippen molar-refractivity contribution in [3.63, 3.8) is 0 Å². The highest BCUT2D eigenvalue weighted by atomic mass is 16.4. The lowest BCUT2D eigenvalue weighted by Gasteiger charge is -2.20. The van der Waals surface area contributed by atoms with E-state index in [1.54, 1.807) is 6.92 Å². The standard InChI is InChI=1S/C27H44O3/c1-22(28)26(2,3)20-14-8-6-10-16-23-18-12-13-19-24(23)17-11-7-9-15-21-27(4,5)25(29)30/h12-13,18-19H,6-11,14-17,20-21H2,1-5H3,(H,29,30). The van der Waals surface area contributed by atoms with E-state index in [0.717, 1.165) is 51.4 Å². The van der Waals surface area contributed by atoms with Gasteiger partial charge < -0.3 is 5.11 Å². The summed E-state index contributed by atoms with van der Waals surface area (Å²) < 4.78 is 0. The van der Waals surface area contributed by atoms with Crippen LogP contribution in [-0.4, -0.2) is 16.9 Å². The molecule has 1 aromatic carbocycles. The summed E-state index contributed by atoms with van der Waals surface area (Å²) in [5.74, 6) is -0.402. The molecule has 0 aliphatic carbocycles. The Bertz CT molecular complexity index is 601. The van der Waals surface area contributed by atoms with Gasteiger partial charge >= 0.3 is 5.97 Å². The molecule has 0 aliphatic heterocycles. The number of aliphatic carboxylic acids is 1. The zero-order chi connectivity index (χ0) is 22.6. The molecule has 0 radical (unpaired) electrons. The summed E-state index contributed by atoms with van der Waals surface area (Å²) in [6.07, 6.45) is 13.2. The molecule has 0 saturated carbocycles. The maximum absolute atomic E-state index is 11.6. The van der Waals surface area contributed by atoms with E-state index in [9.17, 15) is 14.7 Å². The van der Waals surface area contributed by atoms with Crippen LogP contribution in [0.5, 0.6) is 0 Å². The first kappa shape index (κ1) is 26.4. The molecule has 0 heterocycles. The molecule has 1 rings (SSSR count). The second-order valence-electron chi connectivity index (χ2n) is 10.2. The molecule has 0 aliphatic rings. The van der Waals surface area contributed by atoms with Crippen molar-refractivity contribution >= 4 is 11.8 Å². The number of carbonyl (C=O) groups excluding carboxylic acids is 1. The zero-order valence-electron chi connectivity index (χ0n) is 20.1. The molecule has 170 valence electrons. The predicted molar refractivity (Wildman–Crippen MR) is 126 cm³/mol. The number of aryl methyl sites for hydroxylation is 2. The van der Waals surface area contributed by atoms with Crippen LogP contribution < -0.4 is 0 Å². The molecule has 0 unspecified atom stereocenters. The minimum absolute atomic E-state index is 0.171. The van der Waals surface area contributed by atoms with Gasteiger partial charge in [0.25, 0.3) is 0 Å². The van der Waals surface area contributed by atoms with Crippen LogP contribution in [0.2, 0.25) is 0 Å². The van der Waals surface area contributed by atoms with Crippen LogP contribution in [0.1, 0.15) is 110 Å². The van der Waals surface area contributed by atoms with Gasteiger partial charge in [-0.3, -0.25) is 9.59 Å². The molecule has 0 atom stereocenters. The van der Waals surface area contributed by atoms with E-state index in [1.165, 1.54) is 36.8 Å². The summed E-state index contributed by atoms with van der Waals surface area (Å²) >= 11 is 0. The number of unbranched alkanes of at least 4 members (excludes halogenated alkanes) is 6. The van der Waals surface area contributed by atoms with Gasteiger partial charge in [0.05, 0.1) is 5.41 Å². The number of hydrogen-bond acceptors (Lipinski definition) is 2. The van der Waals surface area contributed by atoms with Crippen LogP contribution in [0, 0.1) is 10.8 Å².